The van der Waals surface area contributed by atoms with Gasteiger partial charge in [0, 0.05) is 12.3 Å². The number of fused-ring (bicyclic) bond motifs is 1. The Kier molecular flexibility index (Phi) is 4.75. The minimum absolute atomic E-state index is 0.160. The van der Waals surface area contributed by atoms with Crippen LogP contribution in [0.3, 0.4) is 0 Å². The van der Waals surface area contributed by atoms with E-state index in [0.29, 0.717) is 0 Å². The summed E-state index contributed by atoms with van der Waals surface area (Å²) in [5, 5.41) is 9.63. The van der Waals surface area contributed by atoms with Crippen LogP contribution in [0.2, 0.25) is 0 Å². The van der Waals surface area contributed by atoms with E-state index in [1.54, 1.807) is 13.8 Å². The van der Waals surface area contributed by atoms with Crippen LogP contribution < -0.4 is 11.2 Å². The lowest BCUT2D eigenvalue weighted by Crippen LogP contribution is -2.43. The Morgan fingerprint density at radius 1 is 1.14 bits per heavy atom. The van der Waals surface area contributed by atoms with Gasteiger partial charge in [-0.1, -0.05) is 29.8 Å². The average molecular weight is 388 g/mol. The molecule has 2 aromatic rings. The third kappa shape index (κ3) is 3.33. The fraction of sp³-hybridized carbons (Fsp3) is 0.500. The summed E-state index contributed by atoms with van der Waals surface area (Å²) in [5.41, 5.74) is 1.02. The molecule has 8 nitrogen and oxygen atoms in total. The largest absolute Gasteiger partial charge is 0.394 e. The van der Waals surface area contributed by atoms with Crippen molar-refractivity contribution in [2.75, 3.05) is 6.61 Å². The molecule has 0 unspecified atom stereocenters. The van der Waals surface area contributed by atoms with Gasteiger partial charge in [-0.05, 0) is 26.3 Å². The summed E-state index contributed by atoms with van der Waals surface area (Å²) in [6, 6.07) is 8.98. The summed E-state index contributed by atoms with van der Waals surface area (Å²) in [7, 11) is 0. The van der Waals surface area contributed by atoms with E-state index in [1.165, 1.54) is 21.4 Å². The lowest BCUT2D eigenvalue weighted by atomic mass is 10.1. The first kappa shape index (κ1) is 19.1. The van der Waals surface area contributed by atoms with Crippen LogP contribution in [0.4, 0.5) is 0 Å². The minimum Gasteiger partial charge on any atom is -0.394 e. The van der Waals surface area contributed by atoms with Gasteiger partial charge in [0.15, 0.2) is 12.0 Å². The van der Waals surface area contributed by atoms with Crippen LogP contribution >= 0.6 is 0 Å². The number of aliphatic hydroxyl groups is 1. The van der Waals surface area contributed by atoms with Crippen molar-refractivity contribution in [3.8, 4) is 0 Å². The third-order valence-electron chi connectivity index (χ3n) is 5.10. The number of aromatic nitrogens is 2. The van der Waals surface area contributed by atoms with Crippen molar-refractivity contribution >= 4 is 0 Å². The monoisotopic (exact) mass is 388 g/mol. The number of benzene rings is 1. The van der Waals surface area contributed by atoms with E-state index in [0.717, 1.165) is 11.1 Å². The van der Waals surface area contributed by atoms with Crippen molar-refractivity contribution in [1.29, 1.82) is 0 Å². The van der Waals surface area contributed by atoms with Crippen LogP contribution in [0.15, 0.2) is 46.1 Å². The van der Waals surface area contributed by atoms with Gasteiger partial charge in [0.1, 0.15) is 18.3 Å². The van der Waals surface area contributed by atoms with E-state index in [-0.39, 0.29) is 18.7 Å². The molecule has 1 N–H and O–H groups in total. The first-order chi connectivity index (χ1) is 13.3. The van der Waals surface area contributed by atoms with Crippen molar-refractivity contribution in [2.24, 2.45) is 0 Å². The maximum Gasteiger partial charge on any atom is 0.333 e. The molecule has 3 heterocycles. The molecular formula is C20H24N2O6. The van der Waals surface area contributed by atoms with E-state index in [1.807, 2.05) is 31.2 Å². The quantitative estimate of drug-likeness (QED) is 0.832. The molecule has 4 atom stereocenters. The van der Waals surface area contributed by atoms with Crippen LogP contribution in [-0.4, -0.2) is 44.9 Å². The van der Waals surface area contributed by atoms with Crippen molar-refractivity contribution in [1.82, 2.24) is 9.13 Å². The predicted octanol–water partition coefficient (Wildman–Crippen LogP) is 0.777. The standard InChI is InChI=1S/C20H24N2O6/c1-12-5-4-6-13(9-12)10-22-15(24)7-8-21(19(22)25)18-17-16(14(11-23)26-18)27-20(2,3)28-17/h4-9,14,16-18,23H,10-11H2,1-3H3/t14-,16-,17-,18-/m1/s1. The highest BCUT2D eigenvalue weighted by molar-refractivity contribution is 5.22. The maximum atomic E-state index is 13.1. The highest BCUT2D eigenvalue weighted by Gasteiger charge is 2.55. The summed E-state index contributed by atoms with van der Waals surface area (Å²) in [6.07, 6.45) is -1.04. The molecule has 1 aromatic carbocycles. The van der Waals surface area contributed by atoms with Crippen molar-refractivity contribution < 1.29 is 19.3 Å². The molecular weight excluding hydrogens is 364 g/mol. The predicted molar refractivity (Wildman–Crippen MR) is 100 cm³/mol. The molecule has 0 amide bonds. The number of aryl methyl sites for hydroxylation is 1. The molecule has 8 heteroatoms. The Morgan fingerprint density at radius 3 is 2.61 bits per heavy atom. The zero-order valence-corrected chi connectivity index (χ0v) is 16.1. The molecule has 150 valence electrons. The van der Waals surface area contributed by atoms with Gasteiger partial charge < -0.3 is 19.3 Å². The molecule has 2 saturated heterocycles. The number of aliphatic hydroxyl groups excluding tert-OH is 1. The third-order valence-corrected chi connectivity index (χ3v) is 5.10. The van der Waals surface area contributed by atoms with E-state index >= 15 is 0 Å². The van der Waals surface area contributed by atoms with Crippen LogP contribution in [0.25, 0.3) is 0 Å². The first-order valence-electron chi connectivity index (χ1n) is 9.28. The smallest absolute Gasteiger partial charge is 0.333 e. The number of ether oxygens (including phenoxy) is 3. The Morgan fingerprint density at radius 2 is 1.89 bits per heavy atom. The fourth-order valence-electron chi connectivity index (χ4n) is 3.89. The summed E-state index contributed by atoms with van der Waals surface area (Å²) >= 11 is 0. The number of hydrogen-bond acceptors (Lipinski definition) is 6. The lowest BCUT2D eigenvalue weighted by Gasteiger charge is -2.24. The number of hydrogen-bond donors (Lipinski definition) is 1. The second kappa shape index (κ2) is 6.97. The topological polar surface area (TPSA) is 91.9 Å². The Labute approximate surface area is 161 Å². The highest BCUT2D eigenvalue weighted by Crippen LogP contribution is 2.42. The summed E-state index contributed by atoms with van der Waals surface area (Å²) in [6.45, 7) is 5.41. The summed E-state index contributed by atoms with van der Waals surface area (Å²) in [5.74, 6) is -0.843. The summed E-state index contributed by atoms with van der Waals surface area (Å²) in [4.78, 5) is 25.5. The normalized spacial score (nSPS) is 28.4. The van der Waals surface area contributed by atoms with E-state index in [2.05, 4.69) is 0 Å². The fourth-order valence-corrected chi connectivity index (χ4v) is 3.89. The van der Waals surface area contributed by atoms with Crippen LogP contribution in [0.1, 0.15) is 31.2 Å². The number of nitrogens with zero attached hydrogens (tertiary/aromatic N) is 2. The van der Waals surface area contributed by atoms with Gasteiger partial charge in [0.05, 0.1) is 13.2 Å². The van der Waals surface area contributed by atoms with Gasteiger partial charge in [-0.15, -0.1) is 0 Å². The summed E-state index contributed by atoms with van der Waals surface area (Å²) < 4.78 is 20.1. The Balaban J connectivity index is 1.71. The van der Waals surface area contributed by atoms with Gasteiger partial charge in [-0.25, -0.2) is 4.79 Å². The molecule has 0 saturated carbocycles. The van der Waals surface area contributed by atoms with Gasteiger partial charge in [-0.3, -0.25) is 13.9 Å². The van der Waals surface area contributed by atoms with Crippen molar-refractivity contribution in [3.63, 3.8) is 0 Å². The zero-order chi connectivity index (χ0) is 20.1. The van der Waals surface area contributed by atoms with Gasteiger partial charge in [0.25, 0.3) is 5.56 Å². The molecule has 28 heavy (non-hydrogen) atoms. The Hall–Kier alpha value is -2.26. The molecule has 2 fully saturated rings. The van der Waals surface area contributed by atoms with Crippen LogP contribution in [-0.2, 0) is 20.8 Å². The van der Waals surface area contributed by atoms with Crippen molar-refractivity contribution in [2.45, 2.75) is 57.6 Å². The van der Waals surface area contributed by atoms with Gasteiger partial charge in [0.2, 0.25) is 0 Å². The van der Waals surface area contributed by atoms with E-state index in [4.69, 9.17) is 14.2 Å². The van der Waals surface area contributed by atoms with Gasteiger partial charge >= 0.3 is 5.69 Å². The molecule has 1 aromatic heterocycles. The van der Waals surface area contributed by atoms with E-state index in [9.17, 15) is 14.7 Å². The Bertz CT molecular complexity index is 995. The molecule has 4 rings (SSSR count). The molecule has 0 spiro atoms. The first-order valence-corrected chi connectivity index (χ1v) is 9.28. The van der Waals surface area contributed by atoms with Crippen LogP contribution in [0, 0.1) is 6.92 Å². The molecule has 2 aliphatic rings. The second-order valence-corrected chi connectivity index (χ2v) is 7.73. The minimum atomic E-state index is -0.843. The lowest BCUT2D eigenvalue weighted by molar-refractivity contribution is -0.200. The van der Waals surface area contributed by atoms with Gasteiger partial charge in [-0.2, -0.15) is 0 Å². The molecule has 0 aliphatic carbocycles. The zero-order valence-electron chi connectivity index (χ0n) is 16.1. The highest BCUT2D eigenvalue weighted by atomic mass is 16.8. The van der Waals surface area contributed by atoms with Crippen molar-refractivity contribution in [3.05, 3.63) is 68.5 Å². The van der Waals surface area contributed by atoms with Crippen LogP contribution in [0.5, 0.6) is 0 Å². The molecule has 2 aliphatic heterocycles. The number of rotatable bonds is 4. The molecule has 0 bridgehead atoms. The average Bonchev–Trinajstić information content (AvgIpc) is 3.12. The second-order valence-electron chi connectivity index (χ2n) is 7.73. The maximum absolute atomic E-state index is 13.1. The molecule has 0 radical (unpaired) electrons. The SMILES string of the molecule is Cc1cccc(Cn2c(=O)ccn([C@@H]3O[C@H](CO)[C@H]4OC(C)(C)O[C@H]43)c2=O)c1. The van der Waals surface area contributed by atoms with E-state index < -0.39 is 36.0 Å².